The molecule has 0 radical (unpaired) electrons. The largest absolute Gasteiger partial charge is 0.497 e. The summed E-state index contributed by atoms with van der Waals surface area (Å²) >= 11 is 1.51. The number of methoxy groups -OCH3 is 2. The van der Waals surface area contributed by atoms with Crippen LogP contribution in [-0.2, 0) is 23.9 Å². The predicted octanol–water partition coefficient (Wildman–Crippen LogP) is 5.26. The highest BCUT2D eigenvalue weighted by Crippen LogP contribution is 2.51. The minimum atomic E-state index is -1.04. The Morgan fingerprint density at radius 1 is 1.05 bits per heavy atom. The summed E-state index contributed by atoms with van der Waals surface area (Å²) in [7, 11) is 3.09. The van der Waals surface area contributed by atoms with Crippen LogP contribution in [0.3, 0.4) is 0 Å². The van der Waals surface area contributed by atoms with Crippen molar-refractivity contribution in [2.45, 2.75) is 51.9 Å². The van der Waals surface area contributed by atoms with Gasteiger partial charge in [-0.3, -0.25) is 9.59 Å². The lowest BCUT2D eigenvalue weighted by molar-refractivity contribution is -0.152. The number of Topliss-reactive ketones (excluding diaryl/α,β-unsaturated/α-hetero) is 1. The summed E-state index contributed by atoms with van der Waals surface area (Å²) in [5.74, 6) is -2.66. The zero-order valence-corrected chi connectivity index (χ0v) is 23.8. The summed E-state index contributed by atoms with van der Waals surface area (Å²) in [4.78, 5) is 42.3. The summed E-state index contributed by atoms with van der Waals surface area (Å²) in [5.41, 5.74) is 2.69. The van der Waals surface area contributed by atoms with Gasteiger partial charge in [-0.1, -0.05) is 19.4 Å². The van der Waals surface area contributed by atoms with Crippen LogP contribution < -0.4 is 14.8 Å². The molecule has 1 aliphatic heterocycles. The molecule has 2 heterocycles. The Bertz CT molecular complexity index is 1290. The monoisotopic (exact) mass is 553 g/mol. The summed E-state index contributed by atoms with van der Waals surface area (Å²) in [6.07, 6.45) is 1.76. The smallest absolute Gasteiger partial charge is 0.336 e. The SMILES string of the molecule is CCCC1=C(C(=O)OCC)[C@H](c2cc(OC)ccc2OC)C2=C(C[C@@H](c3cccs3)[C@H](C(=O)OCC)C2=O)N1. The van der Waals surface area contributed by atoms with Crippen molar-refractivity contribution in [1.82, 2.24) is 5.32 Å². The second kappa shape index (κ2) is 12.5. The summed E-state index contributed by atoms with van der Waals surface area (Å²) in [5, 5.41) is 5.38. The topological polar surface area (TPSA) is 100 Å². The van der Waals surface area contributed by atoms with Crippen LogP contribution in [-0.4, -0.2) is 45.2 Å². The molecule has 39 heavy (non-hydrogen) atoms. The molecule has 3 atom stereocenters. The average molecular weight is 554 g/mol. The third-order valence-corrected chi connectivity index (χ3v) is 8.10. The summed E-state index contributed by atoms with van der Waals surface area (Å²) in [6.45, 7) is 5.83. The van der Waals surface area contributed by atoms with Crippen molar-refractivity contribution < 1.29 is 33.3 Å². The Morgan fingerprint density at radius 2 is 1.82 bits per heavy atom. The van der Waals surface area contributed by atoms with Crippen LogP contribution in [0.2, 0.25) is 0 Å². The Morgan fingerprint density at radius 3 is 2.44 bits per heavy atom. The number of hydrogen-bond acceptors (Lipinski definition) is 9. The Kier molecular flexibility index (Phi) is 9.12. The number of ketones is 1. The van der Waals surface area contributed by atoms with Gasteiger partial charge in [-0.15, -0.1) is 11.3 Å². The molecule has 0 amide bonds. The molecule has 2 aromatic rings. The van der Waals surface area contributed by atoms with Crippen molar-refractivity contribution >= 4 is 29.1 Å². The first kappa shape index (κ1) is 28.4. The van der Waals surface area contributed by atoms with E-state index in [1.54, 1.807) is 46.3 Å². The highest BCUT2D eigenvalue weighted by molar-refractivity contribution is 7.10. The molecule has 8 nitrogen and oxygen atoms in total. The van der Waals surface area contributed by atoms with Crippen LogP contribution in [0.25, 0.3) is 0 Å². The van der Waals surface area contributed by atoms with Crippen LogP contribution in [0.1, 0.15) is 62.3 Å². The van der Waals surface area contributed by atoms with Gasteiger partial charge in [-0.2, -0.15) is 0 Å². The van der Waals surface area contributed by atoms with Gasteiger partial charge in [0.15, 0.2) is 5.78 Å². The van der Waals surface area contributed by atoms with Crippen molar-refractivity contribution in [3.05, 3.63) is 68.7 Å². The second-order valence-corrected chi connectivity index (χ2v) is 10.3. The number of hydrogen-bond donors (Lipinski definition) is 1. The number of allylic oxidation sites excluding steroid dienone is 3. The van der Waals surface area contributed by atoms with Crippen LogP contribution in [0.15, 0.2) is 58.3 Å². The first-order chi connectivity index (χ1) is 18.9. The van der Waals surface area contributed by atoms with Gasteiger partial charge < -0.3 is 24.3 Å². The maximum atomic E-state index is 14.5. The van der Waals surface area contributed by atoms with Gasteiger partial charge in [0.05, 0.1) is 38.9 Å². The molecule has 1 N–H and O–H groups in total. The van der Waals surface area contributed by atoms with E-state index in [0.29, 0.717) is 52.4 Å². The van der Waals surface area contributed by atoms with E-state index in [-0.39, 0.29) is 24.9 Å². The molecular formula is C30H35NO7S. The highest BCUT2D eigenvalue weighted by atomic mass is 32.1. The molecule has 4 rings (SSSR count). The van der Waals surface area contributed by atoms with Gasteiger partial charge >= 0.3 is 11.9 Å². The van der Waals surface area contributed by atoms with E-state index in [9.17, 15) is 14.4 Å². The molecule has 208 valence electrons. The number of carbonyl (C=O) groups excluding carboxylic acids is 3. The zero-order chi connectivity index (χ0) is 28.1. The fourth-order valence-electron chi connectivity index (χ4n) is 5.49. The minimum Gasteiger partial charge on any atom is -0.497 e. The van der Waals surface area contributed by atoms with Crippen molar-refractivity contribution in [3.8, 4) is 11.5 Å². The first-order valence-corrected chi connectivity index (χ1v) is 14.1. The Hall–Kier alpha value is -3.59. The van der Waals surface area contributed by atoms with E-state index in [2.05, 4.69) is 5.32 Å². The van der Waals surface area contributed by atoms with E-state index < -0.39 is 23.8 Å². The standard InChI is InChI=1S/C30H35NO7S/c1-6-10-20-27(30(34)38-8-3)24(18-15-17(35-4)12-13-22(18)36-5)26-21(31-20)16-19(23-11-9-14-39-23)25(28(26)32)29(33)37-7-2/h9,11-15,19,24-25,31H,6-8,10,16H2,1-5H3/t19-,24+,25-/m0/s1. The first-order valence-electron chi connectivity index (χ1n) is 13.3. The molecule has 0 saturated heterocycles. The van der Waals surface area contributed by atoms with Crippen molar-refractivity contribution in [2.24, 2.45) is 5.92 Å². The van der Waals surface area contributed by atoms with Crippen molar-refractivity contribution in [1.29, 1.82) is 0 Å². The van der Waals surface area contributed by atoms with E-state index >= 15 is 0 Å². The predicted molar refractivity (Wildman–Crippen MR) is 148 cm³/mol. The van der Waals surface area contributed by atoms with Gasteiger partial charge in [-0.25, -0.2) is 4.79 Å². The lowest BCUT2D eigenvalue weighted by Gasteiger charge is -2.40. The lowest BCUT2D eigenvalue weighted by atomic mass is 9.68. The fourth-order valence-corrected chi connectivity index (χ4v) is 6.36. The molecule has 0 saturated carbocycles. The van der Waals surface area contributed by atoms with E-state index in [1.165, 1.54) is 11.3 Å². The highest BCUT2D eigenvalue weighted by Gasteiger charge is 2.50. The molecular weight excluding hydrogens is 518 g/mol. The van der Waals surface area contributed by atoms with Crippen LogP contribution >= 0.6 is 11.3 Å². The summed E-state index contributed by atoms with van der Waals surface area (Å²) < 4.78 is 22.1. The third-order valence-electron chi connectivity index (χ3n) is 7.10. The van der Waals surface area contributed by atoms with Crippen molar-refractivity contribution in [2.75, 3.05) is 27.4 Å². The van der Waals surface area contributed by atoms with E-state index in [1.807, 2.05) is 24.4 Å². The molecule has 0 spiro atoms. The Balaban J connectivity index is 1.99. The molecule has 0 bridgehead atoms. The number of ether oxygens (including phenoxy) is 4. The third kappa shape index (κ3) is 5.45. The molecule has 1 aromatic carbocycles. The molecule has 1 aliphatic carbocycles. The number of rotatable bonds is 10. The number of nitrogens with one attached hydrogen (secondary N) is 1. The van der Waals surface area contributed by atoms with Crippen LogP contribution in [0, 0.1) is 5.92 Å². The Labute approximate surface area is 233 Å². The van der Waals surface area contributed by atoms with E-state index in [0.717, 1.165) is 11.3 Å². The second-order valence-electron chi connectivity index (χ2n) is 9.34. The van der Waals surface area contributed by atoms with Gasteiger partial charge in [0.25, 0.3) is 0 Å². The maximum Gasteiger partial charge on any atom is 0.336 e. The fraction of sp³-hybridized carbons (Fsp3) is 0.433. The van der Waals surface area contributed by atoms with Crippen LogP contribution in [0.4, 0.5) is 0 Å². The minimum absolute atomic E-state index is 0.158. The number of benzene rings is 1. The van der Waals surface area contributed by atoms with Crippen molar-refractivity contribution in [3.63, 3.8) is 0 Å². The number of esters is 2. The molecule has 9 heteroatoms. The number of carbonyl (C=O) groups is 3. The maximum absolute atomic E-state index is 14.5. The zero-order valence-electron chi connectivity index (χ0n) is 23.0. The molecule has 2 aliphatic rings. The molecule has 0 fully saturated rings. The lowest BCUT2D eigenvalue weighted by Crippen LogP contribution is -2.43. The molecule has 1 aromatic heterocycles. The molecule has 0 unspecified atom stereocenters. The summed E-state index contributed by atoms with van der Waals surface area (Å²) in [6, 6.07) is 9.15. The quantitative estimate of drug-likeness (QED) is 0.314. The van der Waals surface area contributed by atoms with Crippen LogP contribution in [0.5, 0.6) is 11.5 Å². The van der Waals surface area contributed by atoms with Gasteiger partial charge in [0, 0.05) is 33.3 Å². The van der Waals surface area contributed by atoms with E-state index in [4.69, 9.17) is 18.9 Å². The van der Waals surface area contributed by atoms with Gasteiger partial charge in [0.2, 0.25) is 0 Å². The van der Waals surface area contributed by atoms with Gasteiger partial charge in [0.1, 0.15) is 17.4 Å². The normalized spacial score (nSPS) is 20.7. The average Bonchev–Trinajstić information content (AvgIpc) is 3.47. The number of dihydropyridines is 1. The number of thiophene rings is 1. The van der Waals surface area contributed by atoms with Gasteiger partial charge in [-0.05, 0) is 56.3 Å².